The van der Waals surface area contributed by atoms with Crippen LogP contribution in [0.25, 0.3) is 0 Å². The van der Waals surface area contributed by atoms with Crippen molar-refractivity contribution in [2.24, 2.45) is 0 Å². The molecule has 9 heteroatoms. The van der Waals surface area contributed by atoms with Gasteiger partial charge in [0.1, 0.15) is 11.8 Å². The molecule has 1 unspecified atom stereocenters. The summed E-state index contributed by atoms with van der Waals surface area (Å²) in [5, 5.41) is 5.38. The maximum Gasteiger partial charge on any atom is 0.308 e. The molecule has 2 N–H and O–H groups in total. The Morgan fingerprint density at radius 1 is 1.33 bits per heavy atom. The van der Waals surface area contributed by atoms with E-state index in [0.29, 0.717) is 24.4 Å². The standard InChI is InChI=1S/C18H23N3O5S/c1-11(2)26-13-6-4-12(5-7-13)16(23)20-18(27)21-9-8-19-17(24)14(21)10-15(22)25-3/h4-7,11,14H,8-10H2,1-3H3,(H,19,24)(H,20,23,27). The van der Waals surface area contributed by atoms with Crippen molar-refractivity contribution in [2.45, 2.75) is 32.4 Å². The Hall–Kier alpha value is -2.68. The molecule has 8 nitrogen and oxygen atoms in total. The molecule has 1 aliphatic heterocycles. The quantitative estimate of drug-likeness (QED) is 0.565. The van der Waals surface area contributed by atoms with E-state index in [0.717, 1.165) is 0 Å². The van der Waals surface area contributed by atoms with Crippen LogP contribution >= 0.6 is 12.2 Å². The summed E-state index contributed by atoms with van der Waals surface area (Å²) in [7, 11) is 1.25. The van der Waals surface area contributed by atoms with Gasteiger partial charge in [-0.2, -0.15) is 0 Å². The summed E-state index contributed by atoms with van der Waals surface area (Å²) in [6.07, 6.45) is -0.117. The first-order valence-electron chi connectivity index (χ1n) is 8.55. The first-order valence-corrected chi connectivity index (χ1v) is 8.96. The average Bonchev–Trinajstić information content (AvgIpc) is 2.63. The first-order chi connectivity index (χ1) is 12.8. The molecule has 0 radical (unpaired) electrons. The summed E-state index contributed by atoms with van der Waals surface area (Å²) >= 11 is 5.29. The van der Waals surface area contributed by atoms with Crippen LogP contribution in [0.4, 0.5) is 0 Å². The SMILES string of the molecule is COC(=O)CC1C(=O)NCCN1C(=S)NC(=O)c1ccc(OC(C)C)cc1. The minimum absolute atomic E-state index is 0.0363. The molecule has 27 heavy (non-hydrogen) atoms. The van der Waals surface area contributed by atoms with E-state index < -0.39 is 17.9 Å². The van der Waals surface area contributed by atoms with E-state index in [1.54, 1.807) is 24.3 Å². The van der Waals surface area contributed by atoms with Gasteiger partial charge >= 0.3 is 5.97 Å². The monoisotopic (exact) mass is 393 g/mol. The van der Waals surface area contributed by atoms with E-state index >= 15 is 0 Å². The second-order valence-corrected chi connectivity index (χ2v) is 6.62. The maximum atomic E-state index is 12.4. The fourth-order valence-corrected chi connectivity index (χ4v) is 2.91. The molecule has 146 valence electrons. The zero-order valence-corrected chi connectivity index (χ0v) is 16.3. The number of hydrogen-bond acceptors (Lipinski definition) is 6. The molecule has 1 saturated heterocycles. The summed E-state index contributed by atoms with van der Waals surface area (Å²) in [6, 6.07) is 5.84. The van der Waals surface area contributed by atoms with Crippen LogP contribution in [0.15, 0.2) is 24.3 Å². The predicted octanol–water partition coefficient (Wildman–Crippen LogP) is 0.852. The fraction of sp³-hybridized carbons (Fsp3) is 0.444. The lowest BCUT2D eigenvalue weighted by Crippen LogP contribution is -2.60. The van der Waals surface area contributed by atoms with E-state index in [1.165, 1.54) is 12.0 Å². The molecule has 1 fully saturated rings. The lowest BCUT2D eigenvalue weighted by molar-refractivity contribution is -0.144. The molecule has 0 saturated carbocycles. The molecule has 1 heterocycles. The number of esters is 1. The lowest BCUT2D eigenvalue weighted by Gasteiger charge is -2.36. The largest absolute Gasteiger partial charge is 0.491 e. The molecular formula is C18H23N3O5S. The van der Waals surface area contributed by atoms with Gasteiger partial charge in [0.2, 0.25) is 5.91 Å². The van der Waals surface area contributed by atoms with Crippen LogP contribution in [0.5, 0.6) is 5.75 Å². The van der Waals surface area contributed by atoms with Crippen molar-refractivity contribution in [2.75, 3.05) is 20.2 Å². The van der Waals surface area contributed by atoms with Crippen molar-refractivity contribution in [3.05, 3.63) is 29.8 Å². The number of ether oxygens (including phenoxy) is 2. The summed E-state index contributed by atoms with van der Waals surface area (Å²) in [5.41, 5.74) is 0.402. The van der Waals surface area contributed by atoms with Gasteiger partial charge in [-0.1, -0.05) is 0 Å². The van der Waals surface area contributed by atoms with Gasteiger partial charge in [0.05, 0.1) is 19.6 Å². The normalized spacial score (nSPS) is 16.5. The van der Waals surface area contributed by atoms with Crippen LogP contribution in [0, 0.1) is 0 Å². The van der Waals surface area contributed by atoms with E-state index in [9.17, 15) is 14.4 Å². The highest BCUT2D eigenvalue weighted by Crippen LogP contribution is 2.15. The van der Waals surface area contributed by atoms with Gasteiger partial charge in [-0.25, -0.2) is 0 Å². The fourth-order valence-electron chi connectivity index (χ4n) is 2.60. The number of nitrogens with one attached hydrogen (secondary N) is 2. The van der Waals surface area contributed by atoms with Gasteiger partial charge in [0.25, 0.3) is 5.91 Å². The Balaban J connectivity index is 2.04. The molecule has 1 aromatic rings. The summed E-state index contributed by atoms with van der Waals surface area (Å²) in [4.78, 5) is 37.6. The Kier molecular flexibility index (Phi) is 7.12. The number of piperazine rings is 1. The van der Waals surface area contributed by atoms with E-state index in [4.69, 9.17) is 17.0 Å². The zero-order valence-electron chi connectivity index (χ0n) is 15.5. The highest BCUT2D eigenvalue weighted by molar-refractivity contribution is 7.80. The van der Waals surface area contributed by atoms with Crippen LogP contribution in [0.3, 0.4) is 0 Å². The predicted molar refractivity (Wildman–Crippen MR) is 102 cm³/mol. The maximum absolute atomic E-state index is 12.4. The van der Waals surface area contributed by atoms with E-state index in [1.807, 2.05) is 13.8 Å². The smallest absolute Gasteiger partial charge is 0.308 e. The molecule has 1 atom stereocenters. The number of carbonyl (C=O) groups excluding carboxylic acids is 3. The molecule has 0 aromatic heterocycles. The molecule has 1 aliphatic rings. The van der Waals surface area contributed by atoms with Gasteiger partial charge in [0, 0.05) is 18.7 Å². The van der Waals surface area contributed by atoms with E-state index in [-0.39, 0.29) is 23.5 Å². The first kappa shape index (κ1) is 20.6. The molecule has 0 aliphatic carbocycles. The van der Waals surface area contributed by atoms with Crippen LogP contribution in [0.1, 0.15) is 30.6 Å². The second-order valence-electron chi connectivity index (χ2n) is 6.23. The molecule has 0 spiro atoms. The highest BCUT2D eigenvalue weighted by Gasteiger charge is 2.34. The minimum atomic E-state index is -0.819. The van der Waals surface area contributed by atoms with Crippen molar-refractivity contribution < 1.29 is 23.9 Å². The molecule has 1 aromatic carbocycles. The second kappa shape index (κ2) is 9.31. The molecule has 2 rings (SSSR count). The third kappa shape index (κ3) is 5.65. The number of carbonyl (C=O) groups is 3. The number of nitrogens with zero attached hydrogens (tertiary/aromatic N) is 1. The molecule has 2 amide bonds. The topological polar surface area (TPSA) is 97.0 Å². The Bertz CT molecular complexity index is 720. The highest BCUT2D eigenvalue weighted by atomic mass is 32.1. The van der Waals surface area contributed by atoms with Crippen LogP contribution in [-0.2, 0) is 14.3 Å². The summed E-state index contributed by atoms with van der Waals surface area (Å²) in [6.45, 7) is 4.58. The van der Waals surface area contributed by atoms with Gasteiger partial charge in [-0.05, 0) is 50.3 Å². The number of methoxy groups -OCH3 is 1. The van der Waals surface area contributed by atoms with Gasteiger partial charge in [-0.3, -0.25) is 19.7 Å². The third-order valence-electron chi connectivity index (χ3n) is 3.89. The summed E-state index contributed by atoms with van der Waals surface area (Å²) < 4.78 is 10.2. The number of benzene rings is 1. The lowest BCUT2D eigenvalue weighted by atomic mass is 10.1. The Morgan fingerprint density at radius 2 is 2.00 bits per heavy atom. The van der Waals surface area contributed by atoms with Crippen molar-refractivity contribution in [3.8, 4) is 5.75 Å². The molecular weight excluding hydrogens is 370 g/mol. The van der Waals surface area contributed by atoms with Gasteiger partial charge < -0.3 is 19.7 Å². The Morgan fingerprint density at radius 3 is 2.59 bits per heavy atom. The number of thiocarbonyl (C=S) groups is 1. The minimum Gasteiger partial charge on any atom is -0.491 e. The number of hydrogen-bond donors (Lipinski definition) is 2. The zero-order chi connectivity index (χ0) is 20.0. The summed E-state index contributed by atoms with van der Waals surface area (Å²) in [5.74, 6) is -0.607. The van der Waals surface area contributed by atoms with Crippen LogP contribution < -0.4 is 15.4 Å². The van der Waals surface area contributed by atoms with Crippen LogP contribution in [0.2, 0.25) is 0 Å². The average molecular weight is 393 g/mol. The Labute approximate surface area is 163 Å². The van der Waals surface area contributed by atoms with Gasteiger partial charge in [0.15, 0.2) is 5.11 Å². The van der Waals surface area contributed by atoms with Gasteiger partial charge in [-0.15, -0.1) is 0 Å². The van der Waals surface area contributed by atoms with E-state index in [2.05, 4.69) is 15.4 Å². The third-order valence-corrected chi connectivity index (χ3v) is 4.22. The van der Waals surface area contributed by atoms with Crippen molar-refractivity contribution in [1.29, 1.82) is 0 Å². The van der Waals surface area contributed by atoms with Crippen molar-refractivity contribution in [3.63, 3.8) is 0 Å². The van der Waals surface area contributed by atoms with Crippen molar-refractivity contribution in [1.82, 2.24) is 15.5 Å². The number of rotatable bonds is 5. The molecule has 0 bridgehead atoms. The van der Waals surface area contributed by atoms with Crippen LogP contribution in [-0.4, -0.2) is 60.1 Å². The number of amides is 2. The van der Waals surface area contributed by atoms with Crippen molar-refractivity contribution >= 4 is 35.1 Å².